The van der Waals surface area contributed by atoms with Gasteiger partial charge in [-0.05, 0) is 97.1 Å². The number of aromatic nitrogens is 4. The maximum Gasteiger partial charge on any atom is 0.0635 e. The van der Waals surface area contributed by atoms with Crippen molar-refractivity contribution in [3.05, 3.63) is 206 Å². The summed E-state index contributed by atoms with van der Waals surface area (Å²) in [6.07, 6.45) is 0. The van der Waals surface area contributed by atoms with E-state index in [1.54, 1.807) is 0 Å². The Labute approximate surface area is 415 Å². The number of nitrogens with zero attached hydrogens (tertiary/aromatic N) is 4. The minimum absolute atomic E-state index is 1.18. The molecule has 0 saturated carbocycles. The van der Waals surface area contributed by atoms with Gasteiger partial charge in [0.15, 0.2) is 0 Å². The van der Waals surface area contributed by atoms with Gasteiger partial charge in [-0.25, -0.2) is 0 Å². The van der Waals surface area contributed by atoms with E-state index in [4.69, 9.17) is 0 Å². The Morgan fingerprint density at radius 1 is 0.236 bits per heavy atom. The van der Waals surface area contributed by atoms with E-state index < -0.39 is 0 Å². The first kappa shape index (κ1) is 37.0. The highest BCUT2D eigenvalue weighted by Crippen LogP contribution is 2.52. The molecule has 11 aromatic carbocycles. The number of hydrogen-bond acceptors (Lipinski definition) is 2. The van der Waals surface area contributed by atoms with E-state index in [9.17, 15) is 0 Å². The van der Waals surface area contributed by atoms with Gasteiger partial charge >= 0.3 is 0 Å². The fraction of sp³-hybridized carbons (Fsp3) is 0. The maximum atomic E-state index is 2.61. The Morgan fingerprint density at radius 2 is 0.597 bits per heavy atom. The molecule has 0 N–H and O–H groups in total. The Balaban J connectivity index is 0.966. The molecule has 0 radical (unpaired) electrons. The lowest BCUT2D eigenvalue weighted by Gasteiger charge is -2.09. The first-order chi connectivity index (χ1) is 35.7. The first-order valence-electron chi connectivity index (χ1n) is 24.7. The summed E-state index contributed by atoms with van der Waals surface area (Å²) in [5.74, 6) is 0. The predicted octanol–water partition coefficient (Wildman–Crippen LogP) is 18.9. The highest BCUT2D eigenvalue weighted by molar-refractivity contribution is 7.27. The van der Waals surface area contributed by atoms with Crippen molar-refractivity contribution < 1.29 is 0 Å². The fourth-order valence-corrected chi connectivity index (χ4v) is 16.2. The third kappa shape index (κ3) is 4.27. The molecule has 19 rings (SSSR count). The van der Waals surface area contributed by atoms with Gasteiger partial charge in [0, 0.05) is 116 Å². The largest absolute Gasteiger partial charge is 0.309 e. The number of rotatable bonds is 2. The molecule has 6 heteroatoms. The molecule has 8 aromatic heterocycles. The van der Waals surface area contributed by atoms with E-state index in [-0.39, 0.29) is 0 Å². The van der Waals surface area contributed by atoms with E-state index in [1.807, 2.05) is 22.7 Å². The van der Waals surface area contributed by atoms with Crippen molar-refractivity contribution in [2.45, 2.75) is 0 Å². The van der Waals surface area contributed by atoms with Gasteiger partial charge in [-0.2, -0.15) is 0 Å². The Hall–Kier alpha value is -8.94. The Kier molecular flexibility index (Phi) is 6.51. The minimum Gasteiger partial charge on any atom is -0.309 e. The number of fused-ring (bicyclic) bond motifs is 26. The summed E-state index contributed by atoms with van der Waals surface area (Å²) in [7, 11) is 0. The topological polar surface area (TPSA) is 18.7 Å². The average Bonchev–Trinajstić information content (AvgIpc) is 4.32. The molecule has 19 aromatic rings. The summed E-state index contributed by atoms with van der Waals surface area (Å²) in [5, 5.41) is 20.9. The summed E-state index contributed by atoms with van der Waals surface area (Å²) in [6.45, 7) is 0. The molecular weight excluding hydrogens is 913 g/mol. The zero-order valence-corrected chi connectivity index (χ0v) is 39.9. The molecular formula is C66H34N4S2. The number of hydrogen-bond donors (Lipinski definition) is 0. The molecule has 0 aliphatic carbocycles. The van der Waals surface area contributed by atoms with E-state index in [0.29, 0.717) is 0 Å². The van der Waals surface area contributed by atoms with Gasteiger partial charge in [-0.1, -0.05) is 109 Å². The normalized spacial score (nSPS) is 13.0. The van der Waals surface area contributed by atoms with Crippen LogP contribution >= 0.6 is 22.7 Å². The zero-order valence-electron chi connectivity index (χ0n) is 38.2. The summed E-state index contributed by atoms with van der Waals surface area (Å²) >= 11 is 3.87. The molecule has 4 nitrogen and oxygen atoms in total. The molecule has 0 atom stereocenters. The van der Waals surface area contributed by atoms with Crippen molar-refractivity contribution in [2.75, 3.05) is 0 Å². The summed E-state index contributed by atoms with van der Waals surface area (Å²) in [5.41, 5.74) is 14.9. The highest BCUT2D eigenvalue weighted by Gasteiger charge is 2.28. The van der Waals surface area contributed by atoms with Gasteiger partial charge in [0.1, 0.15) is 0 Å². The van der Waals surface area contributed by atoms with Gasteiger partial charge in [-0.3, -0.25) is 0 Å². The second kappa shape index (κ2) is 12.7. The average molecular weight is 947 g/mol. The molecule has 0 amide bonds. The SMILES string of the molecule is c1ccc2c(c1)sc1c2cc2c3cc4c(cc3n3c5ccc(-n6c7ccccc7c7ccccc76)cc5c1c23)c1cc2c3ccccc3sc2c2c3cc(-n5c6ccccc6c6ccccc65)ccc3n4c12. The standard InChI is InChI=1S/C66H34N4S2/c1-7-19-51-37(13-1)38-14-2-8-20-52(38)67(51)35-25-27-55-49(29-35)61-63-45(31-47-41-17-5-11-23-59(41)71-65(47)61)43-34-58-44(33-57(43)69(55)63)46-32-48-42-18-6-12-24-60(42)72-66(48)62-50-30-36(26-28-56(50)70(58)64(46)62)68-53-21-9-3-15-39(53)40-16-4-10-22-54(40)68/h1-34H. The van der Waals surface area contributed by atoms with E-state index in [1.165, 1.54) is 172 Å². The van der Waals surface area contributed by atoms with Gasteiger partial charge < -0.3 is 17.9 Å². The van der Waals surface area contributed by atoms with Crippen molar-refractivity contribution in [3.63, 3.8) is 0 Å². The lowest BCUT2D eigenvalue weighted by molar-refractivity contribution is 1.18. The van der Waals surface area contributed by atoms with E-state index in [0.717, 1.165) is 0 Å². The quantitative estimate of drug-likeness (QED) is 0.164. The fourth-order valence-electron chi connectivity index (χ4n) is 13.7. The van der Waals surface area contributed by atoms with Crippen molar-refractivity contribution in [1.82, 2.24) is 17.9 Å². The number of benzene rings is 11. The molecule has 0 aliphatic heterocycles. The minimum atomic E-state index is 1.18. The highest BCUT2D eigenvalue weighted by atomic mass is 32.1. The smallest absolute Gasteiger partial charge is 0.0635 e. The molecule has 0 unspecified atom stereocenters. The number of thiophene rings is 2. The van der Waals surface area contributed by atoms with Crippen LogP contribution < -0.4 is 0 Å². The van der Waals surface area contributed by atoms with Crippen LogP contribution in [0.25, 0.3) is 172 Å². The van der Waals surface area contributed by atoms with Crippen molar-refractivity contribution in [3.8, 4) is 11.4 Å². The van der Waals surface area contributed by atoms with Crippen LogP contribution in [0.5, 0.6) is 0 Å². The van der Waals surface area contributed by atoms with Crippen LogP contribution in [-0.4, -0.2) is 17.9 Å². The zero-order chi connectivity index (χ0) is 46.2. The molecule has 0 saturated heterocycles. The Bertz CT molecular complexity index is 5200. The lowest BCUT2D eigenvalue weighted by Crippen LogP contribution is -1.93. The molecule has 72 heavy (non-hydrogen) atoms. The molecule has 330 valence electrons. The molecule has 0 spiro atoms. The van der Waals surface area contributed by atoms with Gasteiger partial charge in [-0.15, -0.1) is 22.7 Å². The molecule has 0 bridgehead atoms. The lowest BCUT2D eigenvalue weighted by atomic mass is 10.0. The van der Waals surface area contributed by atoms with Gasteiger partial charge in [0.05, 0.1) is 55.2 Å². The van der Waals surface area contributed by atoms with Crippen LogP contribution in [0.4, 0.5) is 0 Å². The second-order valence-corrected chi connectivity index (χ2v) is 22.0. The van der Waals surface area contributed by atoms with Crippen LogP contribution in [0.1, 0.15) is 0 Å². The molecule has 0 fully saturated rings. The van der Waals surface area contributed by atoms with Crippen LogP contribution in [0.2, 0.25) is 0 Å². The predicted molar refractivity (Wildman–Crippen MR) is 310 cm³/mol. The third-order valence-corrected chi connectivity index (χ3v) is 19.0. The van der Waals surface area contributed by atoms with Crippen LogP contribution in [0.15, 0.2) is 206 Å². The van der Waals surface area contributed by atoms with Crippen LogP contribution in [-0.2, 0) is 0 Å². The molecule has 0 aliphatic rings. The monoisotopic (exact) mass is 946 g/mol. The number of para-hydroxylation sites is 4. The second-order valence-electron chi connectivity index (χ2n) is 19.9. The van der Waals surface area contributed by atoms with Crippen molar-refractivity contribution in [2.24, 2.45) is 0 Å². The van der Waals surface area contributed by atoms with Gasteiger partial charge in [0.2, 0.25) is 0 Å². The maximum absolute atomic E-state index is 2.61. The summed E-state index contributed by atoms with van der Waals surface area (Å²) in [4.78, 5) is 0. The van der Waals surface area contributed by atoms with Crippen molar-refractivity contribution >= 4 is 183 Å². The van der Waals surface area contributed by atoms with Gasteiger partial charge in [0.25, 0.3) is 0 Å². The summed E-state index contributed by atoms with van der Waals surface area (Å²) < 4.78 is 15.5. The third-order valence-electron chi connectivity index (χ3n) is 16.6. The van der Waals surface area contributed by atoms with E-state index in [2.05, 4.69) is 224 Å². The van der Waals surface area contributed by atoms with Crippen LogP contribution in [0, 0.1) is 0 Å². The molecule has 8 heterocycles. The first-order valence-corrected chi connectivity index (χ1v) is 26.4. The van der Waals surface area contributed by atoms with Crippen LogP contribution in [0.3, 0.4) is 0 Å². The van der Waals surface area contributed by atoms with E-state index >= 15 is 0 Å². The Morgan fingerprint density at radius 3 is 1.00 bits per heavy atom. The summed E-state index contributed by atoms with van der Waals surface area (Å²) in [6, 6.07) is 77.9. The van der Waals surface area contributed by atoms with Crippen molar-refractivity contribution in [1.29, 1.82) is 0 Å².